The Morgan fingerprint density at radius 1 is 1.81 bits per heavy atom. The maximum Gasteiger partial charge on any atom is 0.229 e. The summed E-state index contributed by atoms with van der Waals surface area (Å²) in [7, 11) is 1.72. The summed E-state index contributed by atoms with van der Waals surface area (Å²) in [5.74, 6) is 2.29. The predicted molar refractivity (Wildman–Crippen MR) is 62.0 cm³/mol. The number of hydrogen-bond donors (Lipinski definition) is 1. The molecule has 0 bridgehead atoms. The van der Waals surface area contributed by atoms with Crippen LogP contribution in [-0.2, 0) is 11.8 Å². The van der Waals surface area contributed by atoms with E-state index in [-0.39, 0.29) is 11.8 Å². The molecule has 1 saturated heterocycles. The second-order valence-electron chi connectivity index (χ2n) is 3.73. The number of aryl methyl sites for hydroxylation is 1. The van der Waals surface area contributed by atoms with Crippen molar-refractivity contribution >= 4 is 23.5 Å². The Balaban J connectivity index is 2.08. The molecule has 1 aromatic rings. The summed E-state index contributed by atoms with van der Waals surface area (Å²) in [5, 5.41) is 15.6. The van der Waals surface area contributed by atoms with Crippen LogP contribution in [0.4, 0.5) is 5.82 Å². The molecule has 2 heterocycles. The van der Waals surface area contributed by atoms with Gasteiger partial charge in [0.05, 0.1) is 0 Å². The zero-order valence-corrected chi connectivity index (χ0v) is 9.75. The lowest BCUT2D eigenvalue weighted by molar-refractivity contribution is -0.119. The van der Waals surface area contributed by atoms with Crippen LogP contribution in [0.5, 0.6) is 0 Å². The molecule has 1 N–H and O–H groups in total. The first kappa shape index (κ1) is 11.0. The molecular weight excluding hydrogens is 224 g/mol. The maximum absolute atomic E-state index is 11.8. The number of hydrogen-bond acceptors (Lipinski definition) is 4. The first-order valence-electron chi connectivity index (χ1n) is 5.03. The van der Waals surface area contributed by atoms with E-state index in [0.717, 1.165) is 17.9 Å². The summed E-state index contributed by atoms with van der Waals surface area (Å²) in [6.45, 7) is 0. The third-order valence-electron chi connectivity index (χ3n) is 2.49. The van der Waals surface area contributed by atoms with E-state index in [2.05, 4.69) is 10.4 Å². The van der Waals surface area contributed by atoms with Crippen LogP contribution in [0.25, 0.3) is 0 Å². The summed E-state index contributed by atoms with van der Waals surface area (Å²) in [5.41, 5.74) is 0.404. The van der Waals surface area contributed by atoms with Gasteiger partial charge in [-0.2, -0.15) is 22.1 Å². The fourth-order valence-corrected chi connectivity index (χ4v) is 2.84. The minimum absolute atomic E-state index is 0.0276. The van der Waals surface area contributed by atoms with E-state index >= 15 is 0 Å². The zero-order chi connectivity index (χ0) is 11.5. The van der Waals surface area contributed by atoms with Gasteiger partial charge in [-0.3, -0.25) is 9.48 Å². The van der Waals surface area contributed by atoms with Crippen molar-refractivity contribution in [3.05, 3.63) is 11.8 Å². The molecule has 5 nitrogen and oxygen atoms in total. The second kappa shape index (κ2) is 4.58. The normalized spacial score (nSPS) is 19.4. The number of carbonyl (C=O) groups excluding carboxylic acids is 1. The second-order valence-corrected chi connectivity index (χ2v) is 4.88. The minimum atomic E-state index is -0.0276. The monoisotopic (exact) mass is 236 g/mol. The van der Waals surface area contributed by atoms with Gasteiger partial charge in [0.2, 0.25) is 5.91 Å². The molecule has 84 valence electrons. The number of rotatable bonds is 2. The highest BCUT2D eigenvalue weighted by atomic mass is 32.2. The van der Waals surface area contributed by atoms with Gasteiger partial charge in [0, 0.05) is 24.9 Å². The van der Waals surface area contributed by atoms with Crippen molar-refractivity contribution in [1.29, 1.82) is 5.26 Å². The summed E-state index contributed by atoms with van der Waals surface area (Å²) in [6.07, 6.45) is 2.50. The van der Waals surface area contributed by atoms with Crippen molar-refractivity contribution in [2.45, 2.75) is 6.42 Å². The Morgan fingerprint density at radius 2 is 2.62 bits per heavy atom. The third-order valence-corrected chi connectivity index (χ3v) is 3.65. The SMILES string of the molecule is Cn1cc(C#N)c(NC(=O)C2CCSC2)n1. The number of anilines is 1. The average molecular weight is 236 g/mol. The van der Waals surface area contributed by atoms with Gasteiger partial charge >= 0.3 is 0 Å². The quantitative estimate of drug-likeness (QED) is 0.831. The molecule has 1 aliphatic heterocycles. The Kier molecular flexibility index (Phi) is 3.15. The molecule has 0 aromatic carbocycles. The maximum atomic E-state index is 11.8. The summed E-state index contributed by atoms with van der Waals surface area (Å²) in [6, 6.07) is 2.01. The first-order chi connectivity index (χ1) is 7.70. The molecule has 0 aliphatic carbocycles. The fraction of sp³-hybridized carbons (Fsp3) is 0.500. The van der Waals surface area contributed by atoms with E-state index in [0.29, 0.717) is 11.4 Å². The Labute approximate surface area is 97.8 Å². The molecule has 1 atom stereocenters. The molecule has 0 spiro atoms. The van der Waals surface area contributed by atoms with E-state index in [9.17, 15) is 4.79 Å². The van der Waals surface area contributed by atoms with E-state index in [1.807, 2.05) is 6.07 Å². The highest BCUT2D eigenvalue weighted by Gasteiger charge is 2.24. The van der Waals surface area contributed by atoms with E-state index < -0.39 is 0 Å². The van der Waals surface area contributed by atoms with Gasteiger partial charge in [-0.25, -0.2) is 0 Å². The van der Waals surface area contributed by atoms with Gasteiger partial charge in [-0.05, 0) is 12.2 Å². The van der Waals surface area contributed by atoms with Crippen molar-refractivity contribution in [1.82, 2.24) is 9.78 Å². The fourth-order valence-electron chi connectivity index (χ4n) is 1.62. The number of aromatic nitrogens is 2. The van der Waals surface area contributed by atoms with E-state index in [1.165, 1.54) is 4.68 Å². The molecule has 16 heavy (non-hydrogen) atoms. The molecule has 6 heteroatoms. The standard InChI is InChI=1S/C10H12N4OS/c1-14-5-8(4-11)9(13-14)12-10(15)7-2-3-16-6-7/h5,7H,2-3,6H2,1H3,(H,12,13,15). The number of nitrogens with zero attached hydrogens (tertiary/aromatic N) is 3. The van der Waals surface area contributed by atoms with Crippen molar-refractivity contribution in [3.63, 3.8) is 0 Å². The molecule has 1 aliphatic rings. The molecule has 1 aromatic heterocycles. The summed E-state index contributed by atoms with van der Waals surface area (Å²) >= 11 is 1.78. The number of carbonyl (C=O) groups is 1. The van der Waals surface area contributed by atoms with Gasteiger partial charge < -0.3 is 5.32 Å². The van der Waals surface area contributed by atoms with Gasteiger partial charge in [0.15, 0.2) is 5.82 Å². The lowest BCUT2D eigenvalue weighted by Gasteiger charge is -2.07. The van der Waals surface area contributed by atoms with Gasteiger partial charge in [-0.1, -0.05) is 0 Å². The van der Waals surface area contributed by atoms with E-state index in [4.69, 9.17) is 5.26 Å². The van der Waals surface area contributed by atoms with Crippen molar-refractivity contribution in [2.24, 2.45) is 13.0 Å². The van der Waals surface area contributed by atoms with Gasteiger partial charge in [0.25, 0.3) is 0 Å². The lowest BCUT2D eigenvalue weighted by Crippen LogP contribution is -2.23. The zero-order valence-electron chi connectivity index (χ0n) is 8.93. The largest absolute Gasteiger partial charge is 0.308 e. The number of nitrogens with one attached hydrogen (secondary N) is 1. The van der Waals surface area contributed by atoms with Crippen LogP contribution < -0.4 is 5.32 Å². The molecule has 1 unspecified atom stereocenters. The topological polar surface area (TPSA) is 70.7 Å². The Morgan fingerprint density at radius 3 is 3.25 bits per heavy atom. The van der Waals surface area contributed by atoms with Crippen LogP contribution in [0.3, 0.4) is 0 Å². The lowest BCUT2D eigenvalue weighted by atomic mass is 10.1. The first-order valence-corrected chi connectivity index (χ1v) is 6.18. The average Bonchev–Trinajstić information content (AvgIpc) is 2.87. The predicted octanol–water partition coefficient (Wildman–Crippen LogP) is 0.983. The van der Waals surface area contributed by atoms with Crippen LogP contribution in [0.1, 0.15) is 12.0 Å². The molecule has 2 rings (SSSR count). The highest BCUT2D eigenvalue weighted by Crippen LogP contribution is 2.24. The molecule has 0 radical (unpaired) electrons. The number of thioether (sulfide) groups is 1. The molecular formula is C10H12N4OS. The summed E-state index contributed by atoms with van der Waals surface area (Å²) < 4.78 is 1.53. The van der Waals surface area contributed by atoms with Crippen LogP contribution in [-0.4, -0.2) is 27.2 Å². The van der Waals surface area contributed by atoms with Crippen LogP contribution in [0, 0.1) is 17.2 Å². The molecule has 1 fully saturated rings. The third kappa shape index (κ3) is 2.19. The number of amides is 1. The van der Waals surface area contributed by atoms with Gasteiger partial charge in [0.1, 0.15) is 11.6 Å². The van der Waals surface area contributed by atoms with Crippen molar-refractivity contribution in [2.75, 3.05) is 16.8 Å². The van der Waals surface area contributed by atoms with Crippen molar-refractivity contribution in [3.8, 4) is 6.07 Å². The van der Waals surface area contributed by atoms with Crippen LogP contribution >= 0.6 is 11.8 Å². The number of nitriles is 1. The minimum Gasteiger partial charge on any atom is -0.308 e. The van der Waals surface area contributed by atoms with Gasteiger partial charge in [-0.15, -0.1) is 0 Å². The Bertz CT molecular complexity index is 442. The van der Waals surface area contributed by atoms with Crippen LogP contribution in [0.15, 0.2) is 6.20 Å². The highest BCUT2D eigenvalue weighted by molar-refractivity contribution is 7.99. The molecule has 1 amide bonds. The smallest absolute Gasteiger partial charge is 0.229 e. The van der Waals surface area contributed by atoms with Crippen molar-refractivity contribution < 1.29 is 4.79 Å². The summed E-state index contributed by atoms with van der Waals surface area (Å²) in [4.78, 5) is 11.8. The Hall–Kier alpha value is -1.48. The molecule has 0 saturated carbocycles. The van der Waals surface area contributed by atoms with Crippen LogP contribution in [0.2, 0.25) is 0 Å². The van der Waals surface area contributed by atoms with E-state index in [1.54, 1.807) is 25.0 Å².